The molecule has 4 aromatic rings. The number of hydrogen-bond acceptors (Lipinski definition) is 6. The molecule has 5 rings (SSSR count). The van der Waals surface area contributed by atoms with Gasteiger partial charge in [0, 0.05) is 5.56 Å². The van der Waals surface area contributed by atoms with Gasteiger partial charge in [0.2, 0.25) is 0 Å². The SMILES string of the molecule is C=c1[nH]c(=O)/c(=C\c2ccc(OC[C@@]3(C)CCc4c(C)c(OCc5ccc(C#N)cc5)c(C)c(C)c4O3)c(C(F)(F)F)c2)s1. The lowest BCUT2D eigenvalue weighted by molar-refractivity contribution is -0.139. The van der Waals surface area contributed by atoms with E-state index >= 15 is 0 Å². The monoisotopic (exact) mass is 620 g/mol. The zero-order chi connectivity index (χ0) is 31.8. The lowest BCUT2D eigenvalue weighted by Crippen LogP contribution is -2.42. The second kappa shape index (κ2) is 11.9. The number of halogens is 3. The van der Waals surface area contributed by atoms with Crippen molar-refractivity contribution in [3.8, 4) is 23.3 Å². The van der Waals surface area contributed by atoms with E-state index in [0.717, 1.165) is 51.0 Å². The molecule has 0 aliphatic carbocycles. The molecule has 1 aromatic heterocycles. The van der Waals surface area contributed by atoms with E-state index in [1.54, 1.807) is 12.1 Å². The Morgan fingerprint density at radius 1 is 1.11 bits per heavy atom. The molecular weight excluding hydrogens is 589 g/mol. The first kappa shape index (κ1) is 31.0. The Morgan fingerprint density at radius 3 is 2.48 bits per heavy atom. The zero-order valence-electron chi connectivity index (χ0n) is 24.8. The van der Waals surface area contributed by atoms with Crippen molar-refractivity contribution in [1.82, 2.24) is 4.98 Å². The normalized spacial score (nSPS) is 16.6. The number of fused-ring (bicyclic) bond motifs is 1. The number of aromatic amines is 1. The number of ether oxygens (including phenoxy) is 3. The van der Waals surface area contributed by atoms with E-state index in [4.69, 9.17) is 19.5 Å². The first-order valence-electron chi connectivity index (χ1n) is 14.0. The third-order valence-electron chi connectivity index (χ3n) is 7.88. The first-order valence-corrected chi connectivity index (χ1v) is 14.8. The number of benzene rings is 3. The van der Waals surface area contributed by atoms with E-state index in [1.165, 1.54) is 18.2 Å². The van der Waals surface area contributed by atoms with Crippen molar-refractivity contribution in [1.29, 1.82) is 5.26 Å². The van der Waals surface area contributed by atoms with Crippen LogP contribution in [-0.4, -0.2) is 17.2 Å². The maximum absolute atomic E-state index is 14.1. The molecule has 0 amide bonds. The second-order valence-electron chi connectivity index (χ2n) is 11.2. The van der Waals surface area contributed by atoms with Crippen molar-refractivity contribution in [3.05, 3.63) is 107 Å². The highest BCUT2D eigenvalue weighted by atomic mass is 32.1. The summed E-state index contributed by atoms with van der Waals surface area (Å²) in [7, 11) is 0. The summed E-state index contributed by atoms with van der Waals surface area (Å²) in [4.78, 5) is 14.5. The summed E-state index contributed by atoms with van der Waals surface area (Å²) < 4.78 is 61.4. The molecule has 228 valence electrons. The average Bonchev–Trinajstić information content (AvgIpc) is 3.30. The van der Waals surface area contributed by atoms with Crippen LogP contribution in [0.2, 0.25) is 0 Å². The number of nitrogens with one attached hydrogen (secondary N) is 1. The Balaban J connectivity index is 1.35. The molecule has 6 nitrogen and oxygen atoms in total. The number of rotatable bonds is 7. The molecule has 2 heterocycles. The molecule has 1 aliphatic heterocycles. The van der Waals surface area contributed by atoms with Crippen LogP contribution in [0.4, 0.5) is 13.2 Å². The molecule has 0 saturated carbocycles. The van der Waals surface area contributed by atoms with Crippen molar-refractivity contribution in [2.45, 2.75) is 58.9 Å². The van der Waals surface area contributed by atoms with E-state index in [0.29, 0.717) is 35.4 Å². The maximum atomic E-state index is 14.1. The Morgan fingerprint density at radius 2 is 1.84 bits per heavy atom. The van der Waals surface area contributed by atoms with Crippen LogP contribution in [0.3, 0.4) is 0 Å². The van der Waals surface area contributed by atoms with E-state index in [1.807, 2.05) is 39.8 Å². The minimum atomic E-state index is -4.67. The van der Waals surface area contributed by atoms with Crippen molar-refractivity contribution in [2.75, 3.05) is 6.61 Å². The van der Waals surface area contributed by atoms with Crippen LogP contribution in [0.15, 0.2) is 47.3 Å². The predicted molar refractivity (Wildman–Crippen MR) is 164 cm³/mol. The van der Waals surface area contributed by atoms with Gasteiger partial charge in [-0.1, -0.05) is 24.8 Å². The fraction of sp³-hybridized carbons (Fsp3) is 0.294. The smallest absolute Gasteiger partial charge is 0.419 e. The Kier molecular flexibility index (Phi) is 8.36. The second-order valence-corrected chi connectivity index (χ2v) is 12.3. The maximum Gasteiger partial charge on any atom is 0.419 e. The van der Waals surface area contributed by atoms with Crippen molar-refractivity contribution >= 4 is 24.0 Å². The Labute approximate surface area is 256 Å². The van der Waals surface area contributed by atoms with Crippen molar-refractivity contribution in [3.63, 3.8) is 0 Å². The highest BCUT2D eigenvalue weighted by Crippen LogP contribution is 2.44. The fourth-order valence-electron chi connectivity index (χ4n) is 5.29. The van der Waals surface area contributed by atoms with Gasteiger partial charge in [0.1, 0.15) is 36.1 Å². The number of alkyl halides is 3. The largest absolute Gasteiger partial charge is 0.489 e. The third kappa shape index (κ3) is 6.38. The van der Waals surface area contributed by atoms with Gasteiger partial charge in [0.25, 0.3) is 5.56 Å². The van der Waals surface area contributed by atoms with Crippen LogP contribution in [0.25, 0.3) is 12.7 Å². The summed E-state index contributed by atoms with van der Waals surface area (Å²) in [5, 5.41) is 9.03. The molecule has 10 heteroatoms. The predicted octanol–water partition coefficient (Wildman–Crippen LogP) is 6.23. The molecule has 3 aromatic carbocycles. The molecule has 0 saturated heterocycles. The van der Waals surface area contributed by atoms with Gasteiger partial charge in [-0.3, -0.25) is 4.79 Å². The van der Waals surface area contributed by atoms with Gasteiger partial charge in [0.15, 0.2) is 0 Å². The summed E-state index contributed by atoms with van der Waals surface area (Å²) in [6.45, 7) is 11.6. The fourth-order valence-corrected chi connectivity index (χ4v) is 6.03. The van der Waals surface area contributed by atoms with Crippen molar-refractivity contribution < 1.29 is 27.4 Å². The minimum Gasteiger partial charge on any atom is -0.489 e. The molecule has 44 heavy (non-hydrogen) atoms. The summed E-state index contributed by atoms with van der Waals surface area (Å²) in [5.41, 5.74) is 3.33. The number of nitriles is 1. The highest BCUT2D eigenvalue weighted by molar-refractivity contribution is 7.07. The molecular formula is C34H31F3N2O4S. The van der Waals surface area contributed by atoms with Gasteiger partial charge in [-0.2, -0.15) is 18.4 Å². The summed E-state index contributed by atoms with van der Waals surface area (Å²) >= 11 is 1.07. The van der Waals surface area contributed by atoms with Crippen LogP contribution in [0.1, 0.15) is 57.9 Å². The quantitative estimate of drug-likeness (QED) is 0.265. The van der Waals surface area contributed by atoms with Crippen LogP contribution in [-0.2, 0) is 19.2 Å². The van der Waals surface area contributed by atoms with Crippen LogP contribution in [0, 0.1) is 32.1 Å². The zero-order valence-corrected chi connectivity index (χ0v) is 25.6. The van der Waals surface area contributed by atoms with Gasteiger partial charge >= 0.3 is 6.18 Å². The standard InChI is InChI=1S/C34H31F3N2O4S/c1-19-20(2)31-26(21(3)30(19)41-17-24-8-6-23(16-38)7-9-24)12-13-33(5,43-31)18-42-28-11-10-25(14-27(28)34(35,36)37)15-29-32(40)39-22(4)44-29/h6-11,14-15H,4,12-13,17-18H2,1-3,5H3,(H,39,40)/b29-15+/t33-/m1/s1. The molecule has 1 aliphatic rings. The lowest BCUT2D eigenvalue weighted by atomic mass is 9.87. The Bertz CT molecular complexity index is 1940. The first-order chi connectivity index (χ1) is 20.8. The van der Waals surface area contributed by atoms with Crippen LogP contribution < -0.4 is 29.0 Å². The number of H-pyrrole nitrogens is 1. The van der Waals surface area contributed by atoms with E-state index in [9.17, 15) is 18.0 Å². The minimum absolute atomic E-state index is 0.0947. The molecule has 1 N–H and O–H groups in total. The van der Waals surface area contributed by atoms with E-state index in [2.05, 4.69) is 17.6 Å². The van der Waals surface area contributed by atoms with E-state index in [-0.39, 0.29) is 22.5 Å². The number of hydrogen-bond donors (Lipinski definition) is 1. The summed E-state index contributed by atoms with van der Waals surface area (Å²) in [5.74, 6) is 1.17. The number of nitrogens with zero attached hydrogens (tertiary/aromatic N) is 1. The highest BCUT2D eigenvalue weighted by Gasteiger charge is 2.38. The van der Waals surface area contributed by atoms with Gasteiger partial charge in [-0.15, -0.1) is 11.3 Å². The topological polar surface area (TPSA) is 84.3 Å². The van der Waals surface area contributed by atoms with Crippen LogP contribution in [0.5, 0.6) is 17.2 Å². The molecule has 0 spiro atoms. The lowest BCUT2D eigenvalue weighted by Gasteiger charge is -2.38. The van der Waals surface area contributed by atoms with Gasteiger partial charge in [-0.25, -0.2) is 0 Å². The van der Waals surface area contributed by atoms with Gasteiger partial charge in [-0.05, 0) is 98.7 Å². The van der Waals surface area contributed by atoms with E-state index < -0.39 is 22.9 Å². The Hall–Kier alpha value is -4.49. The van der Waals surface area contributed by atoms with Gasteiger partial charge < -0.3 is 19.2 Å². The summed E-state index contributed by atoms with van der Waals surface area (Å²) in [6.07, 6.45) is -2.10. The van der Waals surface area contributed by atoms with Gasteiger partial charge in [0.05, 0.1) is 26.4 Å². The summed E-state index contributed by atoms with van der Waals surface area (Å²) in [6, 6.07) is 13.1. The van der Waals surface area contributed by atoms with Crippen LogP contribution >= 0.6 is 11.3 Å². The average molecular weight is 621 g/mol. The molecule has 0 fully saturated rings. The molecule has 0 unspecified atom stereocenters. The molecule has 1 atom stereocenters. The number of aromatic nitrogens is 1. The molecule has 0 radical (unpaired) electrons. The third-order valence-corrected chi connectivity index (χ3v) is 8.75. The molecule has 0 bridgehead atoms. The number of thiazole rings is 1. The van der Waals surface area contributed by atoms with Crippen molar-refractivity contribution in [2.24, 2.45) is 0 Å².